The summed E-state index contributed by atoms with van der Waals surface area (Å²) in [6, 6.07) is 9.09. The lowest BCUT2D eigenvalue weighted by Gasteiger charge is -2.13. The smallest absolute Gasteiger partial charge is 0.352 e. The van der Waals surface area contributed by atoms with Gasteiger partial charge in [-0.15, -0.1) is 11.8 Å². The molecule has 1 unspecified atom stereocenters. The van der Waals surface area contributed by atoms with Gasteiger partial charge in [0.25, 0.3) is 5.69 Å². The molecule has 21 heavy (non-hydrogen) atoms. The average molecular weight is 304 g/mol. The van der Waals surface area contributed by atoms with Crippen LogP contribution in [0.3, 0.4) is 0 Å². The van der Waals surface area contributed by atoms with Gasteiger partial charge in [-0.2, -0.15) is 0 Å². The number of carboxylic acid groups (broad SMARTS) is 1. The maximum atomic E-state index is 11.2. The minimum atomic E-state index is -1.15. The molecule has 0 aliphatic carbocycles. The van der Waals surface area contributed by atoms with Crippen molar-refractivity contribution in [3.8, 4) is 0 Å². The molecule has 2 heterocycles. The van der Waals surface area contributed by atoms with Crippen molar-refractivity contribution in [3.63, 3.8) is 0 Å². The van der Waals surface area contributed by atoms with Crippen molar-refractivity contribution in [1.29, 1.82) is 0 Å². The maximum absolute atomic E-state index is 11.2. The van der Waals surface area contributed by atoms with E-state index in [0.29, 0.717) is 6.54 Å². The summed E-state index contributed by atoms with van der Waals surface area (Å²) in [5.41, 5.74) is 0.942. The average Bonchev–Trinajstić information content (AvgIpc) is 3.04. The van der Waals surface area contributed by atoms with E-state index in [0.717, 1.165) is 11.8 Å². The molecule has 0 spiro atoms. The molecule has 1 N–H and O–H groups in total. The van der Waals surface area contributed by atoms with Crippen LogP contribution in [0.5, 0.6) is 0 Å². The summed E-state index contributed by atoms with van der Waals surface area (Å²) in [5.74, 6) is -0.136. The number of hydrogen-bond donors (Lipinski definition) is 1. The summed E-state index contributed by atoms with van der Waals surface area (Å²) in [6.07, 6.45) is 1.30. The minimum Gasteiger partial charge on any atom is -0.477 e. The number of thioether (sulfide) groups is 1. The number of nitrogens with zero attached hydrogens (tertiary/aromatic N) is 2. The molecule has 6 nitrogen and oxygen atoms in total. The zero-order valence-electron chi connectivity index (χ0n) is 10.9. The quantitative estimate of drug-likeness (QED) is 0.693. The van der Waals surface area contributed by atoms with Gasteiger partial charge in [0.15, 0.2) is 0 Å². The molecule has 0 saturated carbocycles. The Kier molecular flexibility index (Phi) is 3.42. The van der Waals surface area contributed by atoms with Crippen molar-refractivity contribution in [1.82, 2.24) is 4.57 Å². The van der Waals surface area contributed by atoms with Crippen molar-refractivity contribution in [2.45, 2.75) is 17.4 Å². The van der Waals surface area contributed by atoms with Crippen molar-refractivity contribution in [3.05, 3.63) is 57.9 Å². The first-order chi connectivity index (χ1) is 10.1. The molecule has 0 radical (unpaired) electrons. The summed E-state index contributed by atoms with van der Waals surface area (Å²) in [5, 5.41) is 20.0. The standard InChI is InChI=1S/C14H12N2O4S/c17-14(18)12-5-10(16(19)20)7-15(12)6-9-8-21-13-4-2-1-3-11(9)13/h1-5,7,9H,6,8H2,(H,17,18). The second kappa shape index (κ2) is 5.25. The Hall–Kier alpha value is -2.28. The Morgan fingerprint density at radius 3 is 2.95 bits per heavy atom. The molecule has 7 heteroatoms. The third-order valence-electron chi connectivity index (χ3n) is 3.53. The molecule has 1 atom stereocenters. The van der Waals surface area contributed by atoms with Crippen LogP contribution in [-0.4, -0.2) is 26.3 Å². The number of rotatable bonds is 4. The first-order valence-corrected chi connectivity index (χ1v) is 7.34. The Morgan fingerprint density at radius 1 is 1.48 bits per heavy atom. The molecule has 0 bridgehead atoms. The fourth-order valence-electron chi connectivity index (χ4n) is 2.54. The van der Waals surface area contributed by atoms with Gasteiger partial charge in [0.2, 0.25) is 0 Å². The summed E-state index contributed by atoms with van der Waals surface area (Å²) in [6.45, 7) is 0.430. The maximum Gasteiger partial charge on any atom is 0.352 e. The van der Waals surface area contributed by atoms with E-state index in [2.05, 4.69) is 0 Å². The number of aromatic carboxylic acids is 1. The van der Waals surface area contributed by atoms with E-state index < -0.39 is 10.9 Å². The van der Waals surface area contributed by atoms with E-state index in [1.807, 2.05) is 24.3 Å². The van der Waals surface area contributed by atoms with Crippen LogP contribution in [0.2, 0.25) is 0 Å². The lowest BCUT2D eigenvalue weighted by Crippen LogP contribution is -2.13. The first-order valence-electron chi connectivity index (χ1n) is 6.36. The molecule has 2 aromatic rings. The number of aromatic nitrogens is 1. The van der Waals surface area contributed by atoms with Crippen LogP contribution in [0.25, 0.3) is 0 Å². The van der Waals surface area contributed by atoms with Gasteiger partial charge in [-0.05, 0) is 11.6 Å². The van der Waals surface area contributed by atoms with E-state index in [1.54, 1.807) is 11.8 Å². The molecule has 1 aliphatic rings. The van der Waals surface area contributed by atoms with Crippen LogP contribution in [0.15, 0.2) is 41.4 Å². The second-order valence-corrected chi connectivity index (χ2v) is 5.91. The molecule has 1 aromatic carbocycles. The zero-order chi connectivity index (χ0) is 15.0. The number of hydrogen-bond acceptors (Lipinski definition) is 4. The third kappa shape index (κ3) is 2.52. The summed E-state index contributed by atoms with van der Waals surface area (Å²) in [7, 11) is 0. The van der Waals surface area contributed by atoms with Gasteiger partial charge in [-0.25, -0.2) is 4.79 Å². The second-order valence-electron chi connectivity index (χ2n) is 4.84. The molecule has 0 amide bonds. The van der Waals surface area contributed by atoms with Crippen LogP contribution in [0.1, 0.15) is 22.0 Å². The first kappa shape index (κ1) is 13.7. The Balaban J connectivity index is 1.92. The molecule has 0 fully saturated rings. The predicted molar refractivity (Wildman–Crippen MR) is 78.0 cm³/mol. The summed E-state index contributed by atoms with van der Waals surface area (Å²) >= 11 is 1.73. The fourth-order valence-corrected chi connectivity index (χ4v) is 3.78. The minimum absolute atomic E-state index is 0.0453. The van der Waals surface area contributed by atoms with Gasteiger partial charge in [-0.1, -0.05) is 18.2 Å². The third-order valence-corrected chi connectivity index (χ3v) is 4.78. The highest BCUT2D eigenvalue weighted by molar-refractivity contribution is 7.99. The molecule has 1 aliphatic heterocycles. The normalized spacial score (nSPS) is 16.7. The van der Waals surface area contributed by atoms with E-state index in [9.17, 15) is 20.0 Å². The SMILES string of the molecule is O=C(O)c1cc([N+](=O)[O-])cn1CC1CSc2ccccc21. The van der Waals surface area contributed by atoms with Gasteiger partial charge in [0, 0.05) is 29.2 Å². The summed E-state index contributed by atoms with van der Waals surface area (Å²) < 4.78 is 1.47. The predicted octanol–water partition coefficient (Wildman–Crippen LogP) is 2.98. The lowest BCUT2D eigenvalue weighted by atomic mass is 10.0. The highest BCUT2D eigenvalue weighted by Gasteiger charge is 2.26. The van der Waals surface area contributed by atoms with Crippen molar-refractivity contribution in [2.75, 3.05) is 5.75 Å². The van der Waals surface area contributed by atoms with Crippen LogP contribution < -0.4 is 0 Å². The fraction of sp³-hybridized carbons (Fsp3) is 0.214. The number of benzene rings is 1. The number of carboxylic acids is 1. The largest absolute Gasteiger partial charge is 0.477 e. The highest BCUT2D eigenvalue weighted by Crippen LogP contribution is 2.40. The van der Waals surface area contributed by atoms with Crippen LogP contribution in [0.4, 0.5) is 5.69 Å². The van der Waals surface area contributed by atoms with Gasteiger partial charge < -0.3 is 9.67 Å². The van der Waals surface area contributed by atoms with Crippen molar-refractivity contribution < 1.29 is 14.8 Å². The Morgan fingerprint density at radius 2 is 2.24 bits per heavy atom. The van der Waals surface area contributed by atoms with E-state index >= 15 is 0 Å². The van der Waals surface area contributed by atoms with Crippen molar-refractivity contribution >= 4 is 23.4 Å². The lowest BCUT2D eigenvalue weighted by molar-refractivity contribution is -0.384. The van der Waals surface area contributed by atoms with Crippen LogP contribution in [0, 0.1) is 10.1 Å². The van der Waals surface area contributed by atoms with E-state index in [-0.39, 0.29) is 17.3 Å². The van der Waals surface area contributed by atoms with Gasteiger partial charge in [0.05, 0.1) is 11.1 Å². The molecular formula is C14H12N2O4S. The molecule has 1 aromatic heterocycles. The van der Waals surface area contributed by atoms with Gasteiger partial charge >= 0.3 is 5.97 Å². The van der Waals surface area contributed by atoms with Crippen molar-refractivity contribution in [2.24, 2.45) is 0 Å². The highest BCUT2D eigenvalue weighted by atomic mass is 32.2. The monoisotopic (exact) mass is 304 g/mol. The molecular weight excluding hydrogens is 292 g/mol. The molecule has 0 saturated heterocycles. The van der Waals surface area contributed by atoms with Gasteiger partial charge in [-0.3, -0.25) is 10.1 Å². The number of carbonyl (C=O) groups is 1. The van der Waals surface area contributed by atoms with E-state index in [4.69, 9.17) is 0 Å². The van der Waals surface area contributed by atoms with Crippen LogP contribution >= 0.6 is 11.8 Å². The molecule has 108 valence electrons. The van der Waals surface area contributed by atoms with E-state index in [1.165, 1.54) is 21.2 Å². The van der Waals surface area contributed by atoms with Crippen LogP contribution in [-0.2, 0) is 6.54 Å². The Labute approximate surface area is 124 Å². The number of nitro groups is 1. The Bertz CT molecular complexity index is 726. The topological polar surface area (TPSA) is 85.4 Å². The number of fused-ring (bicyclic) bond motifs is 1. The molecule has 3 rings (SSSR count). The zero-order valence-corrected chi connectivity index (χ0v) is 11.7. The summed E-state index contributed by atoms with van der Waals surface area (Å²) in [4.78, 5) is 22.7. The van der Waals surface area contributed by atoms with Gasteiger partial charge in [0.1, 0.15) is 5.69 Å².